The van der Waals surface area contributed by atoms with Gasteiger partial charge in [-0.2, -0.15) is 0 Å². The lowest BCUT2D eigenvalue weighted by atomic mass is 9.81. The maximum absolute atomic E-state index is 10.6. The van der Waals surface area contributed by atoms with Crippen molar-refractivity contribution in [1.29, 1.82) is 0 Å². The first-order valence-corrected chi connectivity index (χ1v) is 4.68. The standard InChI is InChI=1S/C10H18O2/c1-8(2)10(3)6-9(7-11)4-5-12-10/h7-9H,4-6H2,1-3H3. The molecule has 12 heavy (non-hydrogen) atoms. The van der Waals surface area contributed by atoms with E-state index in [9.17, 15) is 4.79 Å². The number of hydrogen-bond donors (Lipinski definition) is 0. The van der Waals surface area contributed by atoms with Gasteiger partial charge in [-0.1, -0.05) is 13.8 Å². The van der Waals surface area contributed by atoms with Crippen molar-refractivity contribution in [2.45, 2.75) is 39.2 Å². The van der Waals surface area contributed by atoms with E-state index in [1.54, 1.807) is 0 Å². The molecule has 1 rings (SSSR count). The second-order valence-electron chi connectivity index (χ2n) is 4.20. The normalized spacial score (nSPS) is 36.8. The van der Waals surface area contributed by atoms with E-state index in [1.807, 2.05) is 0 Å². The molecule has 1 saturated heterocycles. The van der Waals surface area contributed by atoms with Crippen LogP contribution in [0, 0.1) is 11.8 Å². The topological polar surface area (TPSA) is 26.3 Å². The van der Waals surface area contributed by atoms with Crippen molar-refractivity contribution in [2.75, 3.05) is 6.61 Å². The molecule has 0 aromatic rings. The SMILES string of the molecule is CC(C)C1(C)CC(C=O)CCO1. The molecule has 0 N–H and O–H groups in total. The van der Waals surface area contributed by atoms with Crippen LogP contribution in [0.1, 0.15) is 33.6 Å². The summed E-state index contributed by atoms with van der Waals surface area (Å²) < 4.78 is 5.70. The summed E-state index contributed by atoms with van der Waals surface area (Å²) in [6.45, 7) is 7.13. The third-order valence-electron chi connectivity index (χ3n) is 3.00. The van der Waals surface area contributed by atoms with Crippen LogP contribution >= 0.6 is 0 Å². The minimum Gasteiger partial charge on any atom is -0.375 e. The fraction of sp³-hybridized carbons (Fsp3) is 0.900. The summed E-state index contributed by atoms with van der Waals surface area (Å²) in [4.78, 5) is 10.6. The van der Waals surface area contributed by atoms with Crippen molar-refractivity contribution in [3.8, 4) is 0 Å². The molecule has 0 aromatic carbocycles. The van der Waals surface area contributed by atoms with E-state index in [-0.39, 0.29) is 11.5 Å². The molecule has 0 aliphatic carbocycles. The molecule has 2 heteroatoms. The van der Waals surface area contributed by atoms with E-state index < -0.39 is 0 Å². The first kappa shape index (κ1) is 9.72. The van der Waals surface area contributed by atoms with Crippen molar-refractivity contribution < 1.29 is 9.53 Å². The van der Waals surface area contributed by atoms with Crippen LogP contribution in [-0.4, -0.2) is 18.5 Å². The zero-order valence-corrected chi connectivity index (χ0v) is 8.17. The Balaban J connectivity index is 2.60. The predicted octanol–water partition coefficient (Wildman–Crippen LogP) is 2.03. The van der Waals surface area contributed by atoms with Crippen LogP contribution in [0.4, 0.5) is 0 Å². The van der Waals surface area contributed by atoms with Gasteiger partial charge < -0.3 is 9.53 Å². The van der Waals surface area contributed by atoms with Crippen molar-refractivity contribution in [1.82, 2.24) is 0 Å². The maximum Gasteiger partial charge on any atom is 0.123 e. The van der Waals surface area contributed by atoms with Crippen LogP contribution in [-0.2, 0) is 9.53 Å². The van der Waals surface area contributed by atoms with Gasteiger partial charge in [0.1, 0.15) is 6.29 Å². The predicted molar refractivity (Wildman–Crippen MR) is 48.0 cm³/mol. The summed E-state index contributed by atoms with van der Waals surface area (Å²) in [6, 6.07) is 0. The molecule has 1 aliphatic rings. The largest absolute Gasteiger partial charge is 0.375 e. The second-order valence-corrected chi connectivity index (χ2v) is 4.20. The lowest BCUT2D eigenvalue weighted by molar-refractivity contribution is -0.131. The molecule has 0 radical (unpaired) electrons. The van der Waals surface area contributed by atoms with E-state index in [0.717, 1.165) is 25.7 Å². The highest BCUT2D eigenvalue weighted by Gasteiger charge is 2.35. The molecule has 0 spiro atoms. The molecule has 2 atom stereocenters. The first-order chi connectivity index (χ1) is 5.58. The number of carbonyl (C=O) groups excluding carboxylic acids is 1. The van der Waals surface area contributed by atoms with E-state index >= 15 is 0 Å². The smallest absolute Gasteiger partial charge is 0.123 e. The van der Waals surface area contributed by atoms with E-state index in [0.29, 0.717) is 5.92 Å². The average molecular weight is 170 g/mol. The number of hydrogen-bond acceptors (Lipinski definition) is 2. The average Bonchev–Trinajstić information content (AvgIpc) is 2.04. The van der Waals surface area contributed by atoms with Crippen molar-refractivity contribution >= 4 is 6.29 Å². The minimum atomic E-state index is -0.0795. The number of rotatable bonds is 2. The molecular weight excluding hydrogens is 152 g/mol. The van der Waals surface area contributed by atoms with Gasteiger partial charge in [0.2, 0.25) is 0 Å². The number of ether oxygens (including phenoxy) is 1. The Hall–Kier alpha value is -0.370. The molecular formula is C10H18O2. The second kappa shape index (κ2) is 3.56. The Labute approximate surface area is 74.3 Å². The molecule has 0 amide bonds. The Bertz CT molecular complexity index is 165. The highest BCUT2D eigenvalue weighted by atomic mass is 16.5. The van der Waals surface area contributed by atoms with Gasteiger partial charge in [0.05, 0.1) is 5.60 Å². The summed E-state index contributed by atoms with van der Waals surface area (Å²) in [7, 11) is 0. The monoisotopic (exact) mass is 170 g/mol. The zero-order chi connectivity index (χ0) is 9.19. The maximum atomic E-state index is 10.6. The van der Waals surface area contributed by atoms with Crippen LogP contribution in [0.5, 0.6) is 0 Å². The van der Waals surface area contributed by atoms with Crippen LogP contribution in [0.15, 0.2) is 0 Å². The Morgan fingerprint density at radius 2 is 2.25 bits per heavy atom. The summed E-state index contributed by atoms with van der Waals surface area (Å²) in [6.07, 6.45) is 2.85. The zero-order valence-electron chi connectivity index (χ0n) is 8.17. The summed E-state index contributed by atoms with van der Waals surface area (Å²) in [5, 5.41) is 0. The Kier molecular flexibility index (Phi) is 2.89. The summed E-state index contributed by atoms with van der Waals surface area (Å²) >= 11 is 0. The molecule has 0 bridgehead atoms. The molecule has 0 saturated carbocycles. The Morgan fingerprint density at radius 3 is 2.75 bits per heavy atom. The van der Waals surface area contributed by atoms with Gasteiger partial charge in [-0.15, -0.1) is 0 Å². The van der Waals surface area contributed by atoms with E-state index in [2.05, 4.69) is 20.8 Å². The summed E-state index contributed by atoms with van der Waals surface area (Å²) in [5.41, 5.74) is -0.0795. The van der Waals surface area contributed by atoms with Gasteiger partial charge in [0.15, 0.2) is 0 Å². The molecule has 2 unspecified atom stereocenters. The van der Waals surface area contributed by atoms with Crippen molar-refractivity contribution in [3.63, 3.8) is 0 Å². The van der Waals surface area contributed by atoms with E-state index in [1.165, 1.54) is 0 Å². The van der Waals surface area contributed by atoms with Gasteiger partial charge in [-0.25, -0.2) is 0 Å². The van der Waals surface area contributed by atoms with E-state index in [4.69, 9.17) is 4.74 Å². The number of carbonyl (C=O) groups is 1. The first-order valence-electron chi connectivity index (χ1n) is 4.68. The van der Waals surface area contributed by atoms with Gasteiger partial charge in [0, 0.05) is 12.5 Å². The summed E-state index contributed by atoms with van der Waals surface area (Å²) in [5.74, 6) is 0.700. The lowest BCUT2D eigenvalue weighted by Gasteiger charge is -2.39. The van der Waals surface area contributed by atoms with Crippen LogP contribution in [0.3, 0.4) is 0 Å². The molecule has 2 nitrogen and oxygen atoms in total. The fourth-order valence-corrected chi connectivity index (χ4v) is 1.64. The molecule has 70 valence electrons. The minimum absolute atomic E-state index is 0.0795. The Morgan fingerprint density at radius 1 is 1.58 bits per heavy atom. The number of aldehydes is 1. The van der Waals surface area contributed by atoms with Gasteiger partial charge in [-0.3, -0.25) is 0 Å². The quantitative estimate of drug-likeness (QED) is 0.593. The molecule has 1 aliphatic heterocycles. The van der Waals surface area contributed by atoms with Crippen LogP contribution in [0.25, 0.3) is 0 Å². The molecule has 1 fully saturated rings. The highest BCUT2D eigenvalue weighted by Crippen LogP contribution is 2.33. The van der Waals surface area contributed by atoms with Gasteiger partial charge in [0.25, 0.3) is 0 Å². The third kappa shape index (κ3) is 1.86. The highest BCUT2D eigenvalue weighted by molar-refractivity contribution is 5.53. The van der Waals surface area contributed by atoms with Crippen molar-refractivity contribution in [2.24, 2.45) is 11.8 Å². The van der Waals surface area contributed by atoms with Crippen LogP contribution < -0.4 is 0 Å². The van der Waals surface area contributed by atoms with Crippen molar-refractivity contribution in [3.05, 3.63) is 0 Å². The van der Waals surface area contributed by atoms with Gasteiger partial charge >= 0.3 is 0 Å². The molecule has 0 aromatic heterocycles. The fourth-order valence-electron chi connectivity index (χ4n) is 1.64. The third-order valence-corrected chi connectivity index (χ3v) is 3.00. The van der Waals surface area contributed by atoms with Crippen LogP contribution in [0.2, 0.25) is 0 Å². The molecule has 1 heterocycles. The lowest BCUT2D eigenvalue weighted by Crippen LogP contribution is -2.41. The van der Waals surface area contributed by atoms with Gasteiger partial charge in [-0.05, 0) is 25.7 Å².